The van der Waals surface area contributed by atoms with Crippen LogP contribution in [0.15, 0.2) is 36.5 Å². The second kappa shape index (κ2) is 5.78. The number of aliphatic hydroxyl groups is 1. The summed E-state index contributed by atoms with van der Waals surface area (Å²) in [5.74, 6) is 0.383. The highest BCUT2D eigenvalue weighted by atomic mass is 16.3. The average molecular weight is 229 g/mol. The van der Waals surface area contributed by atoms with E-state index in [2.05, 4.69) is 36.2 Å². The molecule has 0 aliphatic rings. The molecule has 0 aliphatic heterocycles. The average Bonchev–Trinajstić information content (AvgIpc) is 2.38. The van der Waals surface area contributed by atoms with Crippen LogP contribution >= 0.6 is 0 Å². The maximum absolute atomic E-state index is 9.32. The molecule has 0 radical (unpaired) electrons. The molecule has 1 aromatic carbocycles. The maximum atomic E-state index is 9.32. The second-order valence-corrected chi connectivity index (χ2v) is 4.57. The second-order valence-electron chi connectivity index (χ2n) is 4.57. The van der Waals surface area contributed by atoms with Gasteiger partial charge < -0.3 is 5.11 Å². The van der Waals surface area contributed by atoms with Gasteiger partial charge in [-0.15, -0.1) is 0 Å². The van der Waals surface area contributed by atoms with Gasteiger partial charge in [0.1, 0.15) is 0 Å². The fourth-order valence-corrected chi connectivity index (χ4v) is 2.25. The number of nitrogens with zero attached hydrogens (tertiary/aromatic N) is 1. The molecule has 1 N–H and O–H groups in total. The van der Waals surface area contributed by atoms with Crippen LogP contribution in [0.3, 0.4) is 0 Å². The molecular formula is C15H19NO. The van der Waals surface area contributed by atoms with Crippen molar-refractivity contribution < 1.29 is 5.11 Å². The van der Waals surface area contributed by atoms with Gasteiger partial charge >= 0.3 is 0 Å². The Morgan fingerprint density at radius 2 is 2.18 bits per heavy atom. The lowest BCUT2D eigenvalue weighted by atomic mass is 9.95. The van der Waals surface area contributed by atoms with Crippen molar-refractivity contribution in [1.82, 2.24) is 4.98 Å². The molecule has 0 fully saturated rings. The van der Waals surface area contributed by atoms with E-state index in [1.807, 2.05) is 12.3 Å². The smallest absolute Gasteiger partial charge is 0.0702 e. The molecule has 1 aromatic heterocycles. The summed E-state index contributed by atoms with van der Waals surface area (Å²) in [6.07, 6.45) is 4.98. The number of aliphatic hydroxyl groups excluding tert-OH is 1. The van der Waals surface area contributed by atoms with Crippen molar-refractivity contribution in [2.75, 3.05) is 6.61 Å². The minimum atomic E-state index is 0.277. The quantitative estimate of drug-likeness (QED) is 0.854. The van der Waals surface area contributed by atoms with Crippen molar-refractivity contribution in [3.05, 3.63) is 42.1 Å². The largest absolute Gasteiger partial charge is 0.396 e. The van der Waals surface area contributed by atoms with Crippen molar-refractivity contribution in [1.29, 1.82) is 0 Å². The predicted molar refractivity (Wildman–Crippen MR) is 70.9 cm³/mol. The summed E-state index contributed by atoms with van der Waals surface area (Å²) in [5, 5.41) is 10.5. The van der Waals surface area contributed by atoms with Gasteiger partial charge in [0.25, 0.3) is 0 Å². The highest BCUT2D eigenvalue weighted by molar-refractivity contribution is 5.78. The zero-order chi connectivity index (χ0) is 12.1. The first-order valence-corrected chi connectivity index (χ1v) is 6.28. The van der Waals surface area contributed by atoms with Crippen molar-refractivity contribution >= 4 is 10.9 Å². The van der Waals surface area contributed by atoms with Crippen molar-refractivity contribution in [2.45, 2.75) is 26.2 Å². The molecule has 0 amide bonds. The van der Waals surface area contributed by atoms with Crippen molar-refractivity contribution in [3.63, 3.8) is 0 Å². The molecule has 1 atom stereocenters. The Morgan fingerprint density at radius 1 is 1.29 bits per heavy atom. The summed E-state index contributed by atoms with van der Waals surface area (Å²) in [6, 6.07) is 10.4. The van der Waals surface area contributed by atoms with Crippen LogP contribution in [0.5, 0.6) is 0 Å². The Morgan fingerprint density at radius 3 is 2.94 bits per heavy atom. The Bertz CT molecular complexity index is 481. The van der Waals surface area contributed by atoms with Crippen LogP contribution in [-0.4, -0.2) is 16.7 Å². The lowest BCUT2D eigenvalue weighted by Gasteiger charge is -2.13. The Labute approximate surface area is 102 Å². The molecule has 0 saturated carbocycles. The number of hydrogen-bond acceptors (Lipinski definition) is 2. The van der Waals surface area contributed by atoms with Gasteiger partial charge in [-0.05, 0) is 42.5 Å². The van der Waals surface area contributed by atoms with Gasteiger partial charge in [-0.1, -0.05) is 25.5 Å². The molecule has 2 heteroatoms. The van der Waals surface area contributed by atoms with Gasteiger partial charge in [0.2, 0.25) is 0 Å². The highest BCUT2D eigenvalue weighted by Crippen LogP contribution is 2.18. The number of rotatable bonds is 5. The van der Waals surface area contributed by atoms with Crippen LogP contribution in [0.1, 0.15) is 25.3 Å². The third kappa shape index (κ3) is 3.04. The molecule has 90 valence electrons. The molecule has 0 spiro atoms. The molecule has 1 heterocycles. The van der Waals surface area contributed by atoms with E-state index in [0.717, 1.165) is 24.8 Å². The van der Waals surface area contributed by atoms with Crippen LogP contribution in [0, 0.1) is 5.92 Å². The molecule has 2 nitrogen and oxygen atoms in total. The minimum absolute atomic E-state index is 0.277. The van der Waals surface area contributed by atoms with E-state index in [-0.39, 0.29) is 6.61 Å². The fourth-order valence-electron chi connectivity index (χ4n) is 2.25. The van der Waals surface area contributed by atoms with Crippen molar-refractivity contribution in [2.24, 2.45) is 5.92 Å². The number of aromatic nitrogens is 1. The van der Waals surface area contributed by atoms with Gasteiger partial charge in [0, 0.05) is 18.2 Å². The first kappa shape index (κ1) is 12.1. The SMILES string of the molecule is CCC[C@H](CO)Cc1ccc2ncccc2c1. The topological polar surface area (TPSA) is 33.1 Å². The van der Waals surface area contributed by atoms with Crippen LogP contribution in [-0.2, 0) is 6.42 Å². The number of hydrogen-bond donors (Lipinski definition) is 1. The van der Waals surface area contributed by atoms with Crippen molar-refractivity contribution in [3.8, 4) is 0 Å². The summed E-state index contributed by atoms with van der Waals surface area (Å²) in [6.45, 7) is 2.44. The van der Waals surface area contributed by atoms with Gasteiger partial charge in [-0.25, -0.2) is 0 Å². The highest BCUT2D eigenvalue weighted by Gasteiger charge is 2.07. The van der Waals surface area contributed by atoms with E-state index in [9.17, 15) is 5.11 Å². The number of pyridine rings is 1. The lowest BCUT2D eigenvalue weighted by molar-refractivity contribution is 0.217. The van der Waals surface area contributed by atoms with Gasteiger partial charge in [0.05, 0.1) is 5.52 Å². The Kier molecular flexibility index (Phi) is 4.10. The zero-order valence-electron chi connectivity index (χ0n) is 10.3. The van der Waals surface area contributed by atoms with Crippen LogP contribution < -0.4 is 0 Å². The first-order chi connectivity index (χ1) is 8.33. The predicted octanol–water partition coefficient (Wildman–Crippen LogP) is 3.19. The Balaban J connectivity index is 2.18. The first-order valence-electron chi connectivity index (χ1n) is 6.28. The molecule has 2 rings (SSSR count). The molecule has 0 unspecified atom stereocenters. The van der Waals surface area contributed by atoms with Gasteiger partial charge in [0.15, 0.2) is 0 Å². The molecular weight excluding hydrogens is 210 g/mol. The minimum Gasteiger partial charge on any atom is -0.396 e. The summed E-state index contributed by atoms with van der Waals surface area (Å²) < 4.78 is 0. The standard InChI is InChI=1S/C15H19NO/c1-2-4-13(11-17)9-12-6-7-15-14(10-12)5-3-8-16-15/h3,5-8,10,13,17H,2,4,9,11H2,1H3/t13-/m0/s1. The van der Waals surface area contributed by atoms with E-state index in [4.69, 9.17) is 0 Å². The molecule has 0 bridgehead atoms. The lowest BCUT2D eigenvalue weighted by Crippen LogP contribution is -2.09. The third-order valence-electron chi connectivity index (χ3n) is 3.15. The number of benzene rings is 1. The molecule has 0 saturated heterocycles. The third-order valence-corrected chi connectivity index (χ3v) is 3.15. The fraction of sp³-hybridized carbons (Fsp3) is 0.400. The summed E-state index contributed by atoms with van der Waals surface area (Å²) >= 11 is 0. The normalized spacial score (nSPS) is 12.8. The molecule has 0 aliphatic carbocycles. The van der Waals surface area contributed by atoms with Gasteiger partial charge in [-0.2, -0.15) is 0 Å². The monoisotopic (exact) mass is 229 g/mol. The van der Waals surface area contributed by atoms with Crippen LogP contribution in [0.2, 0.25) is 0 Å². The van der Waals surface area contributed by atoms with E-state index < -0.39 is 0 Å². The number of fused-ring (bicyclic) bond motifs is 1. The van der Waals surface area contributed by atoms with Gasteiger partial charge in [-0.3, -0.25) is 4.98 Å². The zero-order valence-corrected chi connectivity index (χ0v) is 10.3. The summed E-state index contributed by atoms with van der Waals surface area (Å²) in [5.41, 5.74) is 2.32. The summed E-state index contributed by atoms with van der Waals surface area (Å²) in [7, 11) is 0. The van der Waals surface area contributed by atoms with E-state index in [1.54, 1.807) is 0 Å². The van der Waals surface area contributed by atoms with E-state index in [0.29, 0.717) is 5.92 Å². The summed E-state index contributed by atoms with van der Waals surface area (Å²) in [4.78, 5) is 4.31. The van der Waals surface area contributed by atoms with E-state index in [1.165, 1.54) is 10.9 Å². The molecule has 2 aromatic rings. The van der Waals surface area contributed by atoms with Crippen LogP contribution in [0.4, 0.5) is 0 Å². The molecule has 17 heavy (non-hydrogen) atoms. The van der Waals surface area contributed by atoms with Crippen LogP contribution in [0.25, 0.3) is 10.9 Å². The Hall–Kier alpha value is -1.41. The van der Waals surface area contributed by atoms with E-state index >= 15 is 0 Å². The maximum Gasteiger partial charge on any atom is 0.0702 e.